The van der Waals surface area contributed by atoms with Gasteiger partial charge in [0.15, 0.2) is 0 Å². The van der Waals surface area contributed by atoms with Crippen LogP contribution in [0.3, 0.4) is 0 Å². The summed E-state index contributed by atoms with van der Waals surface area (Å²) in [6, 6.07) is 8.12. The average Bonchev–Trinajstić information content (AvgIpc) is 2.68. The van der Waals surface area contributed by atoms with Gasteiger partial charge in [0.2, 0.25) is 0 Å². The second kappa shape index (κ2) is 7.25. The number of ether oxygens (including phenoxy) is 2. The van der Waals surface area contributed by atoms with E-state index in [0.717, 1.165) is 36.5 Å². The van der Waals surface area contributed by atoms with E-state index in [9.17, 15) is 0 Å². The molecule has 2 aliphatic rings. The van der Waals surface area contributed by atoms with Gasteiger partial charge in [0, 0.05) is 41.1 Å². The second-order valence-electron chi connectivity index (χ2n) is 6.83. The fourth-order valence-corrected chi connectivity index (χ4v) is 4.03. The Hall–Kier alpha value is -2.11. The van der Waals surface area contributed by atoms with Gasteiger partial charge in [0.1, 0.15) is 11.8 Å². The standard InChI is InChI=1S/C20H22ClN3O2/c1-13-12-26-8-6-18(13)24-20(16-5-7-22-10-14(16)11-23-24)17-4-3-15(21)9-19(17)25-2/h3-5,7,9-11,13,18,20H,6,8,12H2,1-2H3. The maximum atomic E-state index is 6.19. The van der Waals surface area contributed by atoms with Crippen LogP contribution in [0.25, 0.3) is 0 Å². The van der Waals surface area contributed by atoms with Gasteiger partial charge in [0.05, 0.1) is 26.0 Å². The summed E-state index contributed by atoms with van der Waals surface area (Å²) in [5.41, 5.74) is 3.26. The monoisotopic (exact) mass is 371 g/mol. The third kappa shape index (κ3) is 3.06. The van der Waals surface area contributed by atoms with Crippen LogP contribution < -0.4 is 4.74 Å². The van der Waals surface area contributed by atoms with Crippen molar-refractivity contribution in [3.63, 3.8) is 0 Å². The Bertz CT molecular complexity index is 826. The van der Waals surface area contributed by atoms with Crippen LogP contribution in [0.5, 0.6) is 5.75 Å². The molecule has 1 saturated heterocycles. The molecule has 6 heteroatoms. The maximum absolute atomic E-state index is 6.19. The Balaban J connectivity index is 1.84. The lowest BCUT2D eigenvalue weighted by Crippen LogP contribution is -2.45. The first-order valence-electron chi connectivity index (χ1n) is 8.86. The molecule has 0 bridgehead atoms. The number of hydrogen-bond acceptors (Lipinski definition) is 5. The summed E-state index contributed by atoms with van der Waals surface area (Å²) in [6.45, 7) is 3.73. The molecule has 1 aromatic heterocycles. The molecule has 2 aromatic rings. The maximum Gasteiger partial charge on any atom is 0.126 e. The van der Waals surface area contributed by atoms with Gasteiger partial charge >= 0.3 is 0 Å². The molecule has 0 N–H and O–H groups in total. The van der Waals surface area contributed by atoms with Gasteiger partial charge in [-0.25, -0.2) is 0 Å². The highest BCUT2D eigenvalue weighted by Gasteiger charge is 2.37. The van der Waals surface area contributed by atoms with Crippen LogP contribution in [0.15, 0.2) is 41.8 Å². The molecule has 1 fully saturated rings. The predicted molar refractivity (Wildman–Crippen MR) is 102 cm³/mol. The minimum absolute atomic E-state index is 0.0456. The molecule has 4 rings (SSSR count). The number of methoxy groups -OCH3 is 1. The molecule has 2 aliphatic heterocycles. The summed E-state index contributed by atoms with van der Waals surface area (Å²) in [6.07, 6.45) is 6.55. The minimum atomic E-state index is -0.0456. The zero-order valence-corrected chi connectivity index (χ0v) is 15.7. The molecule has 5 nitrogen and oxygen atoms in total. The van der Waals surface area contributed by atoms with Crippen molar-refractivity contribution in [1.29, 1.82) is 0 Å². The largest absolute Gasteiger partial charge is 0.496 e. The molecule has 0 saturated carbocycles. The van der Waals surface area contributed by atoms with Crippen molar-refractivity contribution < 1.29 is 9.47 Å². The topological polar surface area (TPSA) is 47.0 Å². The third-order valence-electron chi connectivity index (χ3n) is 5.20. The summed E-state index contributed by atoms with van der Waals surface area (Å²) >= 11 is 6.19. The normalized spacial score (nSPS) is 25.0. The summed E-state index contributed by atoms with van der Waals surface area (Å²) in [5.74, 6) is 1.16. The van der Waals surface area contributed by atoms with Gasteiger partial charge in [-0.05, 0) is 30.2 Å². The fraction of sp³-hybridized carbons (Fsp3) is 0.400. The number of hydrogen-bond donors (Lipinski definition) is 0. The highest BCUT2D eigenvalue weighted by atomic mass is 35.5. The number of halogens is 1. The first kappa shape index (κ1) is 17.3. The van der Waals surface area contributed by atoms with E-state index in [2.05, 4.69) is 23.0 Å². The Kier molecular flexibility index (Phi) is 4.83. The van der Waals surface area contributed by atoms with Gasteiger partial charge in [0.25, 0.3) is 0 Å². The van der Waals surface area contributed by atoms with Gasteiger partial charge < -0.3 is 9.47 Å². The lowest BCUT2D eigenvalue weighted by Gasteiger charge is -2.43. The number of fused-ring (bicyclic) bond motifs is 1. The summed E-state index contributed by atoms with van der Waals surface area (Å²) in [7, 11) is 1.68. The van der Waals surface area contributed by atoms with Crippen LogP contribution in [0.1, 0.15) is 36.1 Å². The zero-order valence-electron chi connectivity index (χ0n) is 14.9. The Morgan fingerprint density at radius 1 is 1.27 bits per heavy atom. The van der Waals surface area contributed by atoms with Crippen molar-refractivity contribution in [3.8, 4) is 5.75 Å². The smallest absolute Gasteiger partial charge is 0.126 e. The van der Waals surface area contributed by atoms with Crippen LogP contribution in [-0.2, 0) is 4.74 Å². The molecule has 0 amide bonds. The lowest BCUT2D eigenvalue weighted by molar-refractivity contribution is -0.0162. The Morgan fingerprint density at radius 3 is 2.96 bits per heavy atom. The minimum Gasteiger partial charge on any atom is -0.496 e. The Labute approximate surface area is 158 Å². The number of benzene rings is 1. The molecule has 3 unspecified atom stereocenters. The summed E-state index contributed by atoms with van der Waals surface area (Å²) in [5, 5.41) is 7.69. The molecule has 3 heterocycles. The van der Waals surface area contributed by atoms with Crippen LogP contribution >= 0.6 is 11.6 Å². The molecular formula is C20H22ClN3O2. The van der Waals surface area contributed by atoms with E-state index in [1.165, 1.54) is 5.56 Å². The van der Waals surface area contributed by atoms with E-state index in [-0.39, 0.29) is 6.04 Å². The quantitative estimate of drug-likeness (QED) is 0.820. The van der Waals surface area contributed by atoms with Crippen molar-refractivity contribution in [2.75, 3.05) is 20.3 Å². The van der Waals surface area contributed by atoms with Crippen molar-refractivity contribution in [1.82, 2.24) is 9.99 Å². The van der Waals surface area contributed by atoms with E-state index < -0.39 is 0 Å². The van der Waals surface area contributed by atoms with Crippen molar-refractivity contribution in [3.05, 3.63) is 58.4 Å². The molecule has 0 radical (unpaired) electrons. The van der Waals surface area contributed by atoms with E-state index in [4.69, 9.17) is 26.2 Å². The van der Waals surface area contributed by atoms with Crippen LogP contribution in [0.4, 0.5) is 0 Å². The number of nitrogens with zero attached hydrogens (tertiary/aromatic N) is 3. The first-order valence-corrected chi connectivity index (χ1v) is 9.24. The van der Waals surface area contributed by atoms with Crippen molar-refractivity contribution in [2.24, 2.45) is 11.0 Å². The molecule has 136 valence electrons. The summed E-state index contributed by atoms with van der Waals surface area (Å²) < 4.78 is 11.3. The van der Waals surface area contributed by atoms with Crippen molar-refractivity contribution in [2.45, 2.75) is 25.4 Å². The highest BCUT2D eigenvalue weighted by Crippen LogP contribution is 2.41. The molecule has 26 heavy (non-hydrogen) atoms. The molecule has 0 aliphatic carbocycles. The van der Waals surface area contributed by atoms with E-state index in [0.29, 0.717) is 17.0 Å². The van der Waals surface area contributed by atoms with Gasteiger partial charge in [-0.2, -0.15) is 5.10 Å². The number of aromatic nitrogens is 1. The van der Waals surface area contributed by atoms with Gasteiger partial charge in [-0.15, -0.1) is 0 Å². The molecular weight excluding hydrogens is 350 g/mol. The predicted octanol–water partition coefficient (Wildman–Crippen LogP) is 3.91. The van der Waals surface area contributed by atoms with E-state index in [1.807, 2.05) is 36.8 Å². The SMILES string of the molecule is COc1cc(Cl)ccc1C1c2ccncc2C=NN1C1CCOCC1C. The average molecular weight is 372 g/mol. The Morgan fingerprint density at radius 2 is 2.15 bits per heavy atom. The summed E-state index contributed by atoms with van der Waals surface area (Å²) in [4.78, 5) is 4.25. The van der Waals surface area contributed by atoms with Crippen LogP contribution in [-0.4, -0.2) is 42.6 Å². The highest BCUT2D eigenvalue weighted by molar-refractivity contribution is 6.30. The first-order chi connectivity index (χ1) is 12.7. The molecule has 1 aromatic carbocycles. The van der Waals surface area contributed by atoms with Crippen molar-refractivity contribution >= 4 is 17.8 Å². The number of rotatable bonds is 3. The van der Waals surface area contributed by atoms with E-state index >= 15 is 0 Å². The zero-order chi connectivity index (χ0) is 18.1. The van der Waals surface area contributed by atoms with Gasteiger partial charge in [-0.3, -0.25) is 9.99 Å². The van der Waals surface area contributed by atoms with Crippen LogP contribution in [0, 0.1) is 5.92 Å². The number of pyridine rings is 1. The van der Waals surface area contributed by atoms with Gasteiger partial charge in [-0.1, -0.05) is 24.6 Å². The second-order valence-corrected chi connectivity index (χ2v) is 7.26. The third-order valence-corrected chi connectivity index (χ3v) is 5.44. The number of hydrazone groups is 1. The fourth-order valence-electron chi connectivity index (χ4n) is 3.87. The van der Waals surface area contributed by atoms with E-state index in [1.54, 1.807) is 7.11 Å². The molecule has 3 atom stereocenters. The molecule has 0 spiro atoms. The van der Waals surface area contributed by atoms with Crippen LogP contribution in [0.2, 0.25) is 5.02 Å². The lowest BCUT2D eigenvalue weighted by atomic mass is 9.89.